The first-order chi connectivity index (χ1) is 14.7. The van der Waals surface area contributed by atoms with E-state index in [0.717, 1.165) is 12.8 Å². The molecule has 1 saturated heterocycles. The number of methoxy groups -OCH3 is 1. The van der Waals surface area contributed by atoms with Crippen LogP contribution in [0.25, 0.3) is 0 Å². The molecule has 31 heavy (non-hydrogen) atoms. The second-order valence-corrected chi connectivity index (χ2v) is 8.24. The number of hydrogen-bond acceptors (Lipinski definition) is 7. The molecule has 0 N–H and O–H groups in total. The SMILES string of the molecule is COC(=O)c1ccc(Oc2cccc(OC3CCN(C(=O)OC(C)(C)C)CC3)c2)nc1. The lowest BCUT2D eigenvalue weighted by molar-refractivity contribution is 0.0126. The maximum atomic E-state index is 12.2. The molecule has 1 fully saturated rings. The predicted molar refractivity (Wildman–Crippen MR) is 114 cm³/mol. The van der Waals surface area contributed by atoms with Gasteiger partial charge in [0.05, 0.1) is 12.7 Å². The third kappa shape index (κ3) is 6.60. The van der Waals surface area contributed by atoms with Crippen molar-refractivity contribution in [1.29, 1.82) is 0 Å². The minimum Gasteiger partial charge on any atom is -0.490 e. The molecule has 0 unspecified atom stereocenters. The number of rotatable bonds is 5. The molecule has 8 nitrogen and oxygen atoms in total. The molecule has 8 heteroatoms. The second-order valence-electron chi connectivity index (χ2n) is 8.24. The minimum atomic E-state index is -0.501. The molecule has 3 rings (SSSR count). The molecule has 0 atom stereocenters. The lowest BCUT2D eigenvalue weighted by Gasteiger charge is -2.33. The molecule has 2 aromatic rings. The highest BCUT2D eigenvalue weighted by Crippen LogP contribution is 2.27. The lowest BCUT2D eigenvalue weighted by atomic mass is 10.1. The summed E-state index contributed by atoms with van der Waals surface area (Å²) in [6.07, 6.45) is 2.57. The van der Waals surface area contributed by atoms with Gasteiger partial charge in [-0.1, -0.05) is 6.07 Å². The zero-order valence-corrected chi connectivity index (χ0v) is 18.3. The summed E-state index contributed by atoms with van der Waals surface area (Å²) in [4.78, 5) is 29.5. The summed E-state index contributed by atoms with van der Waals surface area (Å²) in [5.41, 5.74) is -0.149. The van der Waals surface area contributed by atoms with E-state index in [-0.39, 0.29) is 12.2 Å². The third-order valence-corrected chi connectivity index (χ3v) is 4.58. The Kier molecular flexibility index (Phi) is 6.99. The zero-order valence-electron chi connectivity index (χ0n) is 18.3. The van der Waals surface area contributed by atoms with Crippen molar-refractivity contribution < 1.29 is 28.5 Å². The number of benzene rings is 1. The van der Waals surface area contributed by atoms with E-state index in [1.807, 2.05) is 32.9 Å². The normalized spacial score (nSPS) is 14.6. The monoisotopic (exact) mass is 428 g/mol. The Hall–Kier alpha value is -3.29. The van der Waals surface area contributed by atoms with Crippen LogP contribution in [0, 0.1) is 0 Å². The Morgan fingerprint density at radius 2 is 1.77 bits per heavy atom. The highest BCUT2D eigenvalue weighted by Gasteiger charge is 2.27. The van der Waals surface area contributed by atoms with Gasteiger partial charge in [0.1, 0.15) is 23.2 Å². The van der Waals surface area contributed by atoms with E-state index in [2.05, 4.69) is 9.72 Å². The number of amides is 1. The summed E-state index contributed by atoms with van der Waals surface area (Å²) in [7, 11) is 1.32. The third-order valence-electron chi connectivity index (χ3n) is 4.58. The Labute approximate surface area is 182 Å². The number of pyridine rings is 1. The average molecular weight is 428 g/mol. The number of esters is 1. The van der Waals surface area contributed by atoms with Crippen LogP contribution < -0.4 is 9.47 Å². The van der Waals surface area contributed by atoms with Gasteiger partial charge in [-0.2, -0.15) is 0 Å². The number of likely N-dealkylation sites (tertiary alicyclic amines) is 1. The molecule has 1 aliphatic rings. The fourth-order valence-corrected chi connectivity index (χ4v) is 3.09. The molecular formula is C23H28N2O6. The lowest BCUT2D eigenvalue weighted by Crippen LogP contribution is -2.44. The Bertz CT molecular complexity index is 899. The van der Waals surface area contributed by atoms with Gasteiger partial charge < -0.3 is 23.8 Å². The molecule has 1 aliphatic heterocycles. The summed E-state index contributed by atoms with van der Waals surface area (Å²) in [5.74, 6) is 1.16. The van der Waals surface area contributed by atoms with E-state index in [4.69, 9.17) is 14.2 Å². The molecule has 0 aliphatic carbocycles. The van der Waals surface area contributed by atoms with Crippen molar-refractivity contribution in [3.05, 3.63) is 48.2 Å². The first-order valence-corrected chi connectivity index (χ1v) is 10.2. The van der Waals surface area contributed by atoms with Gasteiger partial charge in [0.25, 0.3) is 0 Å². The van der Waals surface area contributed by atoms with E-state index in [1.165, 1.54) is 13.3 Å². The standard InChI is InChI=1S/C23H28N2O6/c1-23(2,3)31-22(27)25-12-10-17(11-13-25)29-18-6-5-7-19(14-18)30-20-9-8-16(15-24-20)21(26)28-4/h5-9,14-15,17H,10-13H2,1-4H3. The quantitative estimate of drug-likeness (QED) is 0.651. The number of aromatic nitrogens is 1. The zero-order chi connectivity index (χ0) is 22.4. The fourth-order valence-electron chi connectivity index (χ4n) is 3.09. The van der Waals surface area contributed by atoms with Crippen molar-refractivity contribution in [1.82, 2.24) is 9.88 Å². The Morgan fingerprint density at radius 1 is 1.06 bits per heavy atom. The van der Waals surface area contributed by atoms with E-state index >= 15 is 0 Å². The summed E-state index contributed by atoms with van der Waals surface area (Å²) < 4.78 is 21.9. The van der Waals surface area contributed by atoms with Crippen molar-refractivity contribution in [2.75, 3.05) is 20.2 Å². The number of hydrogen-bond donors (Lipinski definition) is 0. The van der Waals surface area contributed by atoms with Crippen LogP contribution in [0.3, 0.4) is 0 Å². The number of piperidine rings is 1. The van der Waals surface area contributed by atoms with Crippen LogP contribution in [-0.4, -0.2) is 53.9 Å². The van der Waals surface area contributed by atoms with E-state index in [9.17, 15) is 9.59 Å². The molecule has 1 aromatic carbocycles. The molecule has 1 aromatic heterocycles. The van der Waals surface area contributed by atoms with Gasteiger partial charge in [-0.25, -0.2) is 14.6 Å². The van der Waals surface area contributed by atoms with Crippen molar-refractivity contribution >= 4 is 12.1 Å². The topological polar surface area (TPSA) is 87.2 Å². The summed E-state index contributed by atoms with van der Waals surface area (Å²) >= 11 is 0. The van der Waals surface area contributed by atoms with Gasteiger partial charge >= 0.3 is 12.1 Å². The van der Waals surface area contributed by atoms with Crippen molar-refractivity contribution in [2.45, 2.75) is 45.3 Å². The van der Waals surface area contributed by atoms with Crippen molar-refractivity contribution in [3.8, 4) is 17.4 Å². The Morgan fingerprint density at radius 3 is 2.39 bits per heavy atom. The molecule has 0 saturated carbocycles. The van der Waals surface area contributed by atoms with E-state index < -0.39 is 11.6 Å². The maximum Gasteiger partial charge on any atom is 0.410 e. The largest absolute Gasteiger partial charge is 0.490 e. The van der Waals surface area contributed by atoms with Crippen LogP contribution in [0.2, 0.25) is 0 Å². The number of carbonyl (C=O) groups excluding carboxylic acids is 2. The van der Waals surface area contributed by atoms with E-state index in [0.29, 0.717) is 36.0 Å². The number of ether oxygens (including phenoxy) is 4. The molecule has 0 spiro atoms. The highest BCUT2D eigenvalue weighted by molar-refractivity contribution is 5.88. The summed E-state index contributed by atoms with van der Waals surface area (Å²) in [6, 6.07) is 10.5. The van der Waals surface area contributed by atoms with Gasteiger partial charge in [-0.3, -0.25) is 0 Å². The number of carbonyl (C=O) groups is 2. The predicted octanol–water partition coefficient (Wildman–Crippen LogP) is 4.44. The summed E-state index contributed by atoms with van der Waals surface area (Å²) in [6.45, 7) is 6.76. The summed E-state index contributed by atoms with van der Waals surface area (Å²) in [5, 5.41) is 0. The second kappa shape index (κ2) is 9.68. The van der Waals surface area contributed by atoms with Crippen LogP contribution >= 0.6 is 0 Å². The average Bonchev–Trinajstić information content (AvgIpc) is 2.73. The molecule has 1 amide bonds. The van der Waals surface area contributed by atoms with Gasteiger partial charge in [-0.15, -0.1) is 0 Å². The van der Waals surface area contributed by atoms with Gasteiger partial charge in [0, 0.05) is 44.3 Å². The van der Waals surface area contributed by atoms with Crippen LogP contribution in [0.15, 0.2) is 42.6 Å². The maximum absolute atomic E-state index is 12.2. The van der Waals surface area contributed by atoms with Gasteiger partial charge in [0.15, 0.2) is 0 Å². The first kappa shape index (κ1) is 22.4. The molecule has 0 radical (unpaired) electrons. The molecular weight excluding hydrogens is 400 g/mol. The molecule has 2 heterocycles. The van der Waals surface area contributed by atoms with Crippen molar-refractivity contribution in [2.24, 2.45) is 0 Å². The van der Waals surface area contributed by atoms with Gasteiger partial charge in [-0.05, 0) is 39.0 Å². The van der Waals surface area contributed by atoms with Crippen LogP contribution in [0.1, 0.15) is 44.0 Å². The Balaban J connectivity index is 1.53. The smallest absolute Gasteiger partial charge is 0.410 e. The van der Waals surface area contributed by atoms with E-state index in [1.54, 1.807) is 29.2 Å². The van der Waals surface area contributed by atoms with Crippen molar-refractivity contribution in [3.63, 3.8) is 0 Å². The first-order valence-electron chi connectivity index (χ1n) is 10.2. The van der Waals surface area contributed by atoms with Crippen LogP contribution in [0.4, 0.5) is 4.79 Å². The van der Waals surface area contributed by atoms with Gasteiger partial charge in [0.2, 0.25) is 5.88 Å². The molecule has 166 valence electrons. The minimum absolute atomic E-state index is 0.00593. The van der Waals surface area contributed by atoms with Crippen LogP contribution in [0.5, 0.6) is 17.4 Å². The molecule has 0 bridgehead atoms. The fraction of sp³-hybridized carbons (Fsp3) is 0.435. The highest BCUT2D eigenvalue weighted by atomic mass is 16.6. The number of nitrogens with zero attached hydrogens (tertiary/aromatic N) is 2. The van der Waals surface area contributed by atoms with Crippen LogP contribution in [-0.2, 0) is 9.47 Å².